The molecule has 0 spiro atoms. The van der Waals surface area contributed by atoms with E-state index in [1.807, 2.05) is 17.7 Å². The zero-order valence-corrected chi connectivity index (χ0v) is 28.1. The van der Waals surface area contributed by atoms with E-state index in [-0.39, 0.29) is 6.09 Å². The molecule has 37 heavy (non-hydrogen) atoms. The number of rotatable bonds is 19. The van der Waals surface area contributed by atoms with Gasteiger partial charge in [-0.25, -0.2) is 4.79 Å². The van der Waals surface area contributed by atoms with Crippen molar-refractivity contribution in [1.82, 2.24) is 19.7 Å². The second-order valence-corrected chi connectivity index (χ2v) is 9.85. The molecule has 6 nitrogen and oxygen atoms in total. The number of pyridine rings is 1. The van der Waals surface area contributed by atoms with Crippen molar-refractivity contribution in [2.24, 2.45) is 0 Å². The van der Waals surface area contributed by atoms with Crippen molar-refractivity contribution >= 4 is 38.0 Å². The van der Waals surface area contributed by atoms with Crippen LogP contribution in [-0.2, 0) is 6.54 Å². The largest absolute Gasteiger partial charge is 0.414 e. The van der Waals surface area contributed by atoms with Crippen molar-refractivity contribution in [3.63, 3.8) is 0 Å². The minimum Gasteiger partial charge on any atom is -0.408 e. The van der Waals surface area contributed by atoms with E-state index >= 15 is 0 Å². The van der Waals surface area contributed by atoms with Crippen LogP contribution in [0.5, 0.6) is 5.75 Å². The summed E-state index contributed by atoms with van der Waals surface area (Å²) in [5.74, 6) is 4.17. The van der Waals surface area contributed by atoms with Crippen LogP contribution < -0.4 is 4.74 Å². The fourth-order valence-corrected chi connectivity index (χ4v) is 3.91. The monoisotopic (exact) mass is 650 g/mol. The summed E-state index contributed by atoms with van der Waals surface area (Å²) < 4.78 is 5.44. The van der Waals surface area contributed by atoms with E-state index in [1.165, 1.54) is 94.9 Å². The standard InChI is InChI=1S/C27H50N4O2.2CH3Br/c1-29(2)22-17-15-13-11-9-7-6-8-10-12-14-16-18-23-31(5)24-25-26(20-19-21-28-25)33-27(32)30(3)4;2*1-2/h19-21H,6-18,22-24H2,1-5H3;2*1H3. The van der Waals surface area contributed by atoms with Crippen LogP contribution in [0.25, 0.3) is 0 Å². The SMILES string of the molecule is CBr.CBr.CN(C)CCCCCCCCCCCCCCCN(C)Cc1ncccc1OC(=O)N(C)C. The molecule has 0 saturated carbocycles. The van der Waals surface area contributed by atoms with Gasteiger partial charge >= 0.3 is 6.09 Å². The van der Waals surface area contributed by atoms with E-state index in [9.17, 15) is 4.79 Å². The highest BCUT2D eigenvalue weighted by molar-refractivity contribution is 9.09. The highest BCUT2D eigenvalue weighted by atomic mass is 79.9. The second-order valence-electron chi connectivity index (χ2n) is 9.85. The van der Waals surface area contributed by atoms with Crippen LogP contribution in [0.3, 0.4) is 0 Å². The number of nitrogens with zero attached hydrogens (tertiary/aromatic N) is 4. The fourth-order valence-electron chi connectivity index (χ4n) is 3.91. The first kappa shape index (κ1) is 38.4. The molecule has 218 valence electrons. The normalized spacial score (nSPS) is 10.5. The molecule has 0 unspecified atom stereocenters. The number of carbonyl (C=O) groups excluding carboxylic acids is 1. The van der Waals surface area contributed by atoms with Crippen LogP contribution in [-0.4, -0.2) is 85.8 Å². The predicted molar refractivity (Wildman–Crippen MR) is 169 cm³/mol. The molecule has 0 aliphatic rings. The minimum absolute atomic E-state index is 0.373. The molecule has 0 bridgehead atoms. The van der Waals surface area contributed by atoms with Crippen LogP contribution in [0.4, 0.5) is 4.79 Å². The molecule has 1 aromatic heterocycles. The van der Waals surface area contributed by atoms with Crippen LogP contribution >= 0.6 is 31.9 Å². The van der Waals surface area contributed by atoms with Crippen molar-refractivity contribution in [2.45, 2.75) is 90.0 Å². The zero-order valence-electron chi connectivity index (χ0n) is 24.9. The third kappa shape index (κ3) is 24.1. The van der Waals surface area contributed by atoms with Crippen molar-refractivity contribution in [1.29, 1.82) is 0 Å². The second kappa shape index (κ2) is 28.3. The number of carbonyl (C=O) groups is 1. The molecule has 0 saturated heterocycles. The molecule has 1 aromatic rings. The van der Waals surface area contributed by atoms with E-state index in [2.05, 4.69) is 67.8 Å². The maximum Gasteiger partial charge on any atom is 0.414 e. The summed E-state index contributed by atoms with van der Waals surface area (Å²) in [6.45, 7) is 2.95. The molecule has 0 atom stereocenters. The minimum atomic E-state index is -0.373. The third-order valence-corrected chi connectivity index (χ3v) is 5.98. The Balaban J connectivity index is 0. The maximum atomic E-state index is 11.8. The maximum absolute atomic E-state index is 11.8. The summed E-state index contributed by atoms with van der Waals surface area (Å²) in [6, 6.07) is 3.61. The lowest BCUT2D eigenvalue weighted by atomic mass is 10.0. The highest BCUT2D eigenvalue weighted by Crippen LogP contribution is 2.18. The fraction of sp³-hybridized carbons (Fsp3) is 0.793. The topological polar surface area (TPSA) is 48.9 Å². The molecule has 0 N–H and O–H groups in total. The zero-order chi connectivity index (χ0) is 28.3. The molecule has 8 heteroatoms. The molecule has 1 rings (SSSR count). The molecular weight excluding hydrogens is 596 g/mol. The van der Waals surface area contributed by atoms with Crippen molar-refractivity contribution in [3.8, 4) is 5.75 Å². The number of alkyl halides is 2. The first-order valence-electron chi connectivity index (χ1n) is 13.8. The number of ether oxygens (including phenoxy) is 1. The van der Waals surface area contributed by atoms with E-state index in [1.54, 1.807) is 26.4 Å². The average Bonchev–Trinajstić information content (AvgIpc) is 2.89. The Morgan fingerprint density at radius 2 is 1.16 bits per heavy atom. The molecular formula is C29H56Br2N4O2. The summed E-state index contributed by atoms with van der Waals surface area (Å²) in [6.07, 6.45) is 19.1. The van der Waals surface area contributed by atoms with Gasteiger partial charge in [0.15, 0.2) is 5.75 Å². The van der Waals surface area contributed by atoms with Gasteiger partial charge < -0.3 is 19.4 Å². The summed E-state index contributed by atoms with van der Waals surface area (Å²) in [5.41, 5.74) is 0.809. The Morgan fingerprint density at radius 1 is 0.730 bits per heavy atom. The molecule has 0 radical (unpaired) electrons. The Kier molecular flexibility index (Phi) is 29.4. The number of amides is 1. The van der Waals surface area contributed by atoms with Gasteiger partial charge in [0.25, 0.3) is 0 Å². The van der Waals surface area contributed by atoms with Crippen LogP contribution in [0.1, 0.15) is 89.2 Å². The van der Waals surface area contributed by atoms with Gasteiger partial charge in [-0.05, 0) is 70.9 Å². The van der Waals surface area contributed by atoms with Crippen LogP contribution in [0, 0.1) is 0 Å². The van der Waals surface area contributed by atoms with Crippen LogP contribution in [0.15, 0.2) is 18.3 Å². The summed E-state index contributed by atoms with van der Waals surface area (Å²) in [5, 5.41) is 0. The smallest absolute Gasteiger partial charge is 0.408 e. The Labute approximate surface area is 246 Å². The van der Waals surface area contributed by atoms with Crippen molar-refractivity contribution < 1.29 is 9.53 Å². The summed E-state index contributed by atoms with van der Waals surface area (Å²) in [4.78, 5) is 22.2. The van der Waals surface area contributed by atoms with E-state index in [4.69, 9.17) is 4.74 Å². The molecule has 1 heterocycles. The number of hydrogen-bond donors (Lipinski definition) is 0. The Bertz CT molecular complexity index is 634. The molecule has 1 amide bonds. The van der Waals surface area contributed by atoms with Gasteiger partial charge in [-0.15, -0.1) is 0 Å². The average molecular weight is 653 g/mol. The molecule has 0 aromatic carbocycles. The summed E-state index contributed by atoms with van der Waals surface area (Å²) in [7, 11) is 9.78. The molecule has 0 aliphatic heterocycles. The van der Waals surface area contributed by atoms with Crippen molar-refractivity contribution in [3.05, 3.63) is 24.0 Å². The van der Waals surface area contributed by atoms with Crippen LogP contribution in [0.2, 0.25) is 0 Å². The van der Waals surface area contributed by atoms with Gasteiger partial charge in [-0.3, -0.25) is 4.98 Å². The first-order valence-corrected chi connectivity index (χ1v) is 17.0. The summed E-state index contributed by atoms with van der Waals surface area (Å²) >= 11 is 5.88. The Morgan fingerprint density at radius 3 is 1.59 bits per heavy atom. The van der Waals surface area contributed by atoms with Gasteiger partial charge in [-0.1, -0.05) is 102 Å². The van der Waals surface area contributed by atoms with Crippen molar-refractivity contribution in [2.75, 3.05) is 60.0 Å². The van der Waals surface area contributed by atoms with Gasteiger partial charge in [-0.2, -0.15) is 0 Å². The lowest BCUT2D eigenvalue weighted by molar-refractivity contribution is 0.170. The van der Waals surface area contributed by atoms with Gasteiger partial charge in [0.05, 0.1) is 5.69 Å². The first-order chi connectivity index (χ1) is 17.9. The van der Waals surface area contributed by atoms with Gasteiger partial charge in [0.1, 0.15) is 0 Å². The lowest BCUT2D eigenvalue weighted by Gasteiger charge is -2.18. The third-order valence-electron chi connectivity index (χ3n) is 5.98. The predicted octanol–water partition coefficient (Wildman–Crippen LogP) is 8.23. The highest BCUT2D eigenvalue weighted by Gasteiger charge is 2.13. The van der Waals surface area contributed by atoms with Gasteiger partial charge in [0, 0.05) is 26.8 Å². The molecule has 0 aliphatic carbocycles. The quantitative estimate of drug-likeness (QED) is 0.111. The van der Waals surface area contributed by atoms with E-state index in [0.29, 0.717) is 12.3 Å². The number of unbranched alkanes of at least 4 members (excludes halogenated alkanes) is 12. The number of hydrogen-bond acceptors (Lipinski definition) is 5. The molecule has 0 fully saturated rings. The lowest BCUT2D eigenvalue weighted by Crippen LogP contribution is -2.26. The van der Waals surface area contributed by atoms with E-state index in [0.717, 1.165) is 12.2 Å². The number of aromatic nitrogens is 1. The Hall–Kier alpha value is -0.700. The van der Waals surface area contributed by atoms with Gasteiger partial charge in [0.2, 0.25) is 0 Å². The number of halogens is 2. The van der Waals surface area contributed by atoms with E-state index < -0.39 is 0 Å².